The Kier molecular flexibility index (Phi) is 6.04. The Hall–Kier alpha value is -3.26. The van der Waals surface area contributed by atoms with Crippen LogP contribution in [0.2, 0.25) is 0 Å². The zero-order valence-corrected chi connectivity index (χ0v) is 17.2. The summed E-state index contributed by atoms with van der Waals surface area (Å²) in [7, 11) is 0. The molecular weight excluding hydrogens is 382 g/mol. The highest BCUT2D eigenvalue weighted by atomic mass is 16.5. The largest absolute Gasteiger partial charge is 0.472 e. The highest BCUT2D eigenvalue weighted by Crippen LogP contribution is 2.26. The van der Waals surface area contributed by atoms with Crippen molar-refractivity contribution in [3.63, 3.8) is 0 Å². The molecule has 0 saturated carbocycles. The average molecular weight is 407 g/mol. The summed E-state index contributed by atoms with van der Waals surface area (Å²) in [5, 5.41) is 16.0. The van der Waals surface area contributed by atoms with Crippen molar-refractivity contribution in [1.82, 2.24) is 25.7 Å². The minimum atomic E-state index is 0.272. The highest BCUT2D eigenvalue weighted by molar-refractivity contribution is 5.62. The fraction of sp³-hybridized carbons (Fsp3) is 0.364. The summed E-state index contributed by atoms with van der Waals surface area (Å²) in [4.78, 5) is 4.33. The topological polar surface area (TPSA) is 95.2 Å². The molecule has 30 heavy (non-hydrogen) atoms. The van der Waals surface area contributed by atoms with Crippen LogP contribution in [0.4, 0.5) is 0 Å². The lowest BCUT2D eigenvalue weighted by atomic mass is 10.1. The molecule has 1 aliphatic rings. The van der Waals surface area contributed by atoms with Gasteiger partial charge >= 0.3 is 0 Å². The molecule has 1 fully saturated rings. The van der Waals surface area contributed by atoms with Crippen LogP contribution in [0.15, 0.2) is 41.6 Å². The first-order valence-electron chi connectivity index (χ1n) is 9.98. The fourth-order valence-corrected chi connectivity index (χ4v) is 3.26. The molecule has 1 aliphatic heterocycles. The van der Waals surface area contributed by atoms with E-state index in [9.17, 15) is 0 Å². The Morgan fingerprint density at radius 2 is 2.00 bits per heavy atom. The predicted molar refractivity (Wildman–Crippen MR) is 112 cm³/mol. The van der Waals surface area contributed by atoms with Crippen LogP contribution < -0.4 is 10.1 Å². The van der Waals surface area contributed by atoms with Crippen molar-refractivity contribution < 1.29 is 14.0 Å². The van der Waals surface area contributed by atoms with Crippen LogP contribution in [0, 0.1) is 13.8 Å². The number of nitrogens with one attached hydrogen (secondary N) is 1. The quantitative estimate of drug-likeness (QED) is 0.636. The van der Waals surface area contributed by atoms with Crippen molar-refractivity contribution >= 4 is 5.70 Å². The smallest absolute Gasteiger partial charge is 0.233 e. The maximum Gasteiger partial charge on any atom is 0.233 e. The normalized spacial score (nSPS) is 14.5. The summed E-state index contributed by atoms with van der Waals surface area (Å²) < 4.78 is 16.6. The molecule has 0 bridgehead atoms. The molecule has 0 atom stereocenters. The summed E-state index contributed by atoms with van der Waals surface area (Å²) in [6, 6.07) is 7.90. The molecule has 0 aromatic carbocycles. The minimum Gasteiger partial charge on any atom is -0.472 e. The van der Waals surface area contributed by atoms with Gasteiger partial charge in [0, 0.05) is 42.8 Å². The zero-order valence-electron chi connectivity index (χ0n) is 17.2. The van der Waals surface area contributed by atoms with Crippen molar-refractivity contribution in [2.75, 3.05) is 13.2 Å². The van der Waals surface area contributed by atoms with Gasteiger partial charge in [-0.2, -0.15) is 0 Å². The minimum absolute atomic E-state index is 0.272. The van der Waals surface area contributed by atoms with Gasteiger partial charge in [0.2, 0.25) is 5.88 Å². The molecule has 0 radical (unpaired) electrons. The van der Waals surface area contributed by atoms with Gasteiger partial charge in [-0.25, -0.2) is 0 Å². The standard InChI is InChI=1S/C22H25N5O3/c1-14-4-5-17(12-23-14)22-19(16(3)30-27-22)13-29-21-7-6-20(25-26-21)15(2)24-18-8-10-28-11-9-18/h4-7,12,18,24H,2,8-11,13H2,1,3H3. The van der Waals surface area contributed by atoms with Crippen LogP contribution in [-0.4, -0.2) is 39.6 Å². The number of hydrogen-bond donors (Lipinski definition) is 1. The molecule has 3 aromatic rings. The molecule has 1 saturated heterocycles. The number of pyridine rings is 1. The second-order valence-corrected chi connectivity index (χ2v) is 7.31. The lowest BCUT2D eigenvalue weighted by Gasteiger charge is -2.24. The van der Waals surface area contributed by atoms with Crippen LogP contribution in [-0.2, 0) is 11.3 Å². The van der Waals surface area contributed by atoms with Gasteiger partial charge in [0.05, 0.1) is 11.3 Å². The highest BCUT2D eigenvalue weighted by Gasteiger charge is 2.17. The number of hydrogen-bond acceptors (Lipinski definition) is 8. The van der Waals surface area contributed by atoms with Gasteiger partial charge in [-0.05, 0) is 44.9 Å². The molecule has 3 aromatic heterocycles. The number of aryl methyl sites for hydroxylation is 2. The van der Waals surface area contributed by atoms with Crippen molar-refractivity contribution in [3.05, 3.63) is 59.8 Å². The van der Waals surface area contributed by atoms with Crippen LogP contribution in [0.3, 0.4) is 0 Å². The molecule has 8 heteroatoms. The summed E-state index contributed by atoms with van der Waals surface area (Å²) in [6.45, 7) is 9.69. The summed E-state index contributed by atoms with van der Waals surface area (Å²) >= 11 is 0. The van der Waals surface area contributed by atoms with Gasteiger partial charge in [-0.15, -0.1) is 10.2 Å². The Bertz CT molecular complexity index is 993. The average Bonchev–Trinajstić information content (AvgIpc) is 3.14. The zero-order chi connectivity index (χ0) is 20.9. The molecule has 0 aliphatic carbocycles. The lowest BCUT2D eigenvalue weighted by Crippen LogP contribution is -2.33. The molecule has 4 rings (SSSR count). The SMILES string of the molecule is C=C(NC1CCOCC1)c1ccc(OCc2c(-c3ccc(C)nc3)noc2C)nn1. The third-order valence-corrected chi connectivity index (χ3v) is 5.08. The molecule has 4 heterocycles. The fourth-order valence-electron chi connectivity index (χ4n) is 3.26. The second kappa shape index (κ2) is 9.04. The van der Waals surface area contributed by atoms with Crippen molar-refractivity contribution in [2.24, 2.45) is 0 Å². The summed E-state index contributed by atoms with van der Waals surface area (Å²) in [6.07, 6.45) is 3.71. The number of nitrogens with zero attached hydrogens (tertiary/aromatic N) is 4. The Morgan fingerprint density at radius 1 is 1.17 bits per heavy atom. The maximum atomic E-state index is 5.84. The Balaban J connectivity index is 1.39. The van der Waals surface area contributed by atoms with Crippen molar-refractivity contribution in [1.29, 1.82) is 0 Å². The van der Waals surface area contributed by atoms with E-state index in [1.54, 1.807) is 12.3 Å². The van der Waals surface area contributed by atoms with Crippen molar-refractivity contribution in [3.8, 4) is 17.1 Å². The van der Waals surface area contributed by atoms with Gasteiger partial charge in [0.1, 0.15) is 23.8 Å². The van der Waals surface area contributed by atoms with E-state index in [1.165, 1.54) is 0 Å². The third-order valence-electron chi connectivity index (χ3n) is 5.08. The Labute approximate surface area is 175 Å². The van der Waals surface area contributed by atoms with E-state index in [0.717, 1.165) is 54.3 Å². The molecule has 0 amide bonds. The monoisotopic (exact) mass is 407 g/mol. The van der Waals surface area contributed by atoms with E-state index in [2.05, 4.69) is 32.2 Å². The molecule has 1 N–H and O–H groups in total. The first-order valence-corrected chi connectivity index (χ1v) is 9.98. The first kappa shape index (κ1) is 20.0. The number of rotatable bonds is 7. The van der Waals surface area contributed by atoms with Gasteiger partial charge < -0.3 is 19.3 Å². The molecule has 156 valence electrons. The van der Waals surface area contributed by atoms with E-state index in [4.69, 9.17) is 14.0 Å². The van der Waals surface area contributed by atoms with Crippen LogP contribution in [0.1, 0.15) is 35.6 Å². The van der Waals surface area contributed by atoms with E-state index < -0.39 is 0 Å². The van der Waals surface area contributed by atoms with E-state index >= 15 is 0 Å². The van der Waals surface area contributed by atoms with E-state index in [1.807, 2.05) is 32.0 Å². The molecule has 8 nitrogen and oxygen atoms in total. The van der Waals surface area contributed by atoms with Gasteiger partial charge in [0.25, 0.3) is 0 Å². The Morgan fingerprint density at radius 3 is 2.70 bits per heavy atom. The first-order chi connectivity index (χ1) is 14.6. The van der Waals surface area contributed by atoms with Gasteiger partial charge in [-0.1, -0.05) is 11.7 Å². The van der Waals surface area contributed by atoms with Crippen LogP contribution >= 0.6 is 0 Å². The van der Waals surface area contributed by atoms with Crippen LogP contribution in [0.25, 0.3) is 17.0 Å². The van der Waals surface area contributed by atoms with Crippen molar-refractivity contribution in [2.45, 2.75) is 39.3 Å². The molecular formula is C22H25N5O3. The second-order valence-electron chi connectivity index (χ2n) is 7.31. The summed E-state index contributed by atoms with van der Waals surface area (Å²) in [5.41, 5.74) is 4.86. The number of aromatic nitrogens is 4. The van der Waals surface area contributed by atoms with E-state index in [0.29, 0.717) is 23.4 Å². The maximum absolute atomic E-state index is 5.84. The molecule has 0 unspecified atom stereocenters. The third kappa shape index (κ3) is 4.65. The predicted octanol–water partition coefficient (Wildman–Crippen LogP) is 3.46. The molecule has 0 spiro atoms. The summed E-state index contributed by atoms with van der Waals surface area (Å²) in [5.74, 6) is 1.12. The van der Waals surface area contributed by atoms with E-state index in [-0.39, 0.29) is 6.61 Å². The van der Waals surface area contributed by atoms with Gasteiger partial charge in [-0.3, -0.25) is 4.98 Å². The lowest BCUT2D eigenvalue weighted by molar-refractivity contribution is 0.0818. The van der Waals surface area contributed by atoms with Gasteiger partial charge in [0.15, 0.2) is 0 Å². The van der Waals surface area contributed by atoms with Crippen LogP contribution in [0.5, 0.6) is 5.88 Å². The number of ether oxygens (including phenoxy) is 2.